The van der Waals surface area contributed by atoms with Crippen molar-refractivity contribution in [1.29, 1.82) is 0 Å². The molecule has 0 aliphatic heterocycles. The van der Waals surface area contributed by atoms with Gasteiger partial charge in [-0.2, -0.15) is 0 Å². The highest BCUT2D eigenvalue weighted by atomic mass is 32.2. The van der Waals surface area contributed by atoms with E-state index in [1.54, 1.807) is 18.3 Å². The Morgan fingerprint density at radius 2 is 1.76 bits per heavy atom. The number of sulfonamides is 1. The highest BCUT2D eigenvalue weighted by molar-refractivity contribution is 7.89. The molecule has 0 saturated heterocycles. The average molecular weight is 305 g/mol. The van der Waals surface area contributed by atoms with Crippen molar-refractivity contribution in [1.82, 2.24) is 10.3 Å². The van der Waals surface area contributed by atoms with Crippen LogP contribution in [0.25, 0.3) is 0 Å². The molecule has 0 aliphatic rings. The first kappa shape index (κ1) is 15.6. The monoisotopic (exact) mass is 305 g/mol. The Morgan fingerprint density at radius 3 is 2.38 bits per heavy atom. The maximum Gasteiger partial charge on any atom is 0.238 e. The second kappa shape index (κ2) is 6.34. The quantitative estimate of drug-likeness (QED) is 0.886. The first-order valence-corrected chi connectivity index (χ1v) is 8.21. The molecule has 1 aromatic carbocycles. The van der Waals surface area contributed by atoms with Gasteiger partial charge >= 0.3 is 0 Å². The lowest BCUT2D eigenvalue weighted by Gasteiger charge is -2.20. The Morgan fingerprint density at radius 1 is 1.10 bits per heavy atom. The summed E-state index contributed by atoms with van der Waals surface area (Å²) in [5.41, 5.74) is 1.95. The van der Waals surface area contributed by atoms with Crippen molar-refractivity contribution in [2.24, 2.45) is 5.14 Å². The maximum absolute atomic E-state index is 11.4. The zero-order valence-electron chi connectivity index (χ0n) is 12.0. The van der Waals surface area contributed by atoms with Crippen LogP contribution in [0.1, 0.15) is 37.1 Å². The molecule has 2 rings (SSSR count). The molecule has 21 heavy (non-hydrogen) atoms. The van der Waals surface area contributed by atoms with E-state index >= 15 is 0 Å². The summed E-state index contributed by atoms with van der Waals surface area (Å²) in [7, 11) is -3.68. The molecule has 1 unspecified atom stereocenters. The van der Waals surface area contributed by atoms with Crippen LogP contribution in [0.3, 0.4) is 0 Å². The van der Waals surface area contributed by atoms with Crippen LogP contribution in [0.4, 0.5) is 0 Å². The third-order valence-corrected chi connectivity index (χ3v) is 4.28. The summed E-state index contributed by atoms with van der Waals surface area (Å²) < 4.78 is 22.8. The van der Waals surface area contributed by atoms with E-state index in [4.69, 9.17) is 5.14 Å². The summed E-state index contributed by atoms with van der Waals surface area (Å²) in [4.78, 5) is 4.22. The van der Waals surface area contributed by atoms with E-state index in [0.717, 1.165) is 11.1 Å². The number of benzene rings is 1. The summed E-state index contributed by atoms with van der Waals surface area (Å²) >= 11 is 0. The molecule has 6 heteroatoms. The van der Waals surface area contributed by atoms with Crippen LogP contribution in [0, 0.1) is 0 Å². The smallest absolute Gasteiger partial charge is 0.238 e. The van der Waals surface area contributed by atoms with E-state index in [0.29, 0.717) is 0 Å². The molecule has 0 radical (unpaired) electrons. The van der Waals surface area contributed by atoms with E-state index in [1.807, 2.05) is 38.2 Å². The molecule has 2 aromatic rings. The van der Waals surface area contributed by atoms with Crippen molar-refractivity contribution < 1.29 is 8.42 Å². The zero-order valence-corrected chi connectivity index (χ0v) is 12.8. The summed E-state index contributed by atoms with van der Waals surface area (Å²) in [6.45, 7) is 4.02. The zero-order chi connectivity index (χ0) is 15.5. The fourth-order valence-electron chi connectivity index (χ4n) is 2.16. The summed E-state index contributed by atoms with van der Waals surface area (Å²) in [5, 5.41) is 8.58. The SMILES string of the molecule is CC(N[C@H](C)c1cccnc1)c1cccc(S(N)(=O)=O)c1. The highest BCUT2D eigenvalue weighted by Gasteiger charge is 2.14. The van der Waals surface area contributed by atoms with Gasteiger partial charge in [0, 0.05) is 24.5 Å². The molecule has 0 bridgehead atoms. The van der Waals surface area contributed by atoms with Gasteiger partial charge in [-0.05, 0) is 43.2 Å². The van der Waals surface area contributed by atoms with E-state index in [-0.39, 0.29) is 17.0 Å². The van der Waals surface area contributed by atoms with Gasteiger partial charge in [-0.3, -0.25) is 4.98 Å². The Bertz CT molecular complexity index is 702. The van der Waals surface area contributed by atoms with E-state index < -0.39 is 10.0 Å². The van der Waals surface area contributed by atoms with Gasteiger partial charge in [-0.25, -0.2) is 13.6 Å². The first-order valence-electron chi connectivity index (χ1n) is 6.66. The second-order valence-corrected chi connectivity index (χ2v) is 6.58. The molecule has 5 nitrogen and oxygen atoms in total. The van der Waals surface area contributed by atoms with Crippen molar-refractivity contribution in [2.75, 3.05) is 0 Å². The molecule has 3 N–H and O–H groups in total. The Kier molecular flexibility index (Phi) is 4.72. The minimum absolute atomic E-state index is 0.0121. The molecule has 0 amide bonds. The number of rotatable bonds is 5. The Labute approximate surface area is 125 Å². The standard InChI is InChI=1S/C15H19N3O2S/c1-11(18-12(2)14-6-4-8-17-10-14)13-5-3-7-15(9-13)21(16,19)20/h3-12,18H,1-2H3,(H2,16,19,20)/t11?,12-/m1/s1. The second-order valence-electron chi connectivity index (χ2n) is 5.01. The lowest BCUT2D eigenvalue weighted by molar-refractivity contribution is 0.493. The van der Waals surface area contributed by atoms with E-state index in [9.17, 15) is 8.42 Å². The van der Waals surface area contributed by atoms with Crippen molar-refractivity contribution >= 4 is 10.0 Å². The summed E-state index contributed by atoms with van der Waals surface area (Å²) in [6.07, 6.45) is 3.54. The number of nitrogens with zero attached hydrogens (tertiary/aromatic N) is 1. The normalized spacial score (nSPS) is 14.6. The highest BCUT2D eigenvalue weighted by Crippen LogP contribution is 2.20. The third-order valence-electron chi connectivity index (χ3n) is 3.37. The van der Waals surface area contributed by atoms with Crippen LogP contribution in [0.2, 0.25) is 0 Å². The minimum Gasteiger partial charge on any atom is -0.304 e. The van der Waals surface area contributed by atoms with Crippen molar-refractivity contribution in [3.05, 3.63) is 59.9 Å². The third kappa shape index (κ3) is 4.10. The predicted molar refractivity (Wildman–Crippen MR) is 82.0 cm³/mol. The summed E-state index contributed by atoms with van der Waals surface area (Å²) in [5.74, 6) is 0. The summed E-state index contributed by atoms with van der Waals surface area (Å²) in [6, 6.07) is 10.6. The number of pyridine rings is 1. The largest absolute Gasteiger partial charge is 0.304 e. The van der Waals surface area contributed by atoms with E-state index in [1.165, 1.54) is 6.07 Å². The van der Waals surface area contributed by atoms with Gasteiger partial charge in [0.15, 0.2) is 0 Å². The van der Waals surface area contributed by atoms with Gasteiger partial charge in [0.25, 0.3) is 0 Å². The van der Waals surface area contributed by atoms with Crippen molar-refractivity contribution in [2.45, 2.75) is 30.8 Å². The fraction of sp³-hybridized carbons (Fsp3) is 0.267. The van der Waals surface area contributed by atoms with Crippen LogP contribution in [-0.2, 0) is 10.0 Å². The minimum atomic E-state index is -3.68. The van der Waals surface area contributed by atoms with Gasteiger partial charge in [-0.1, -0.05) is 18.2 Å². The first-order chi connectivity index (χ1) is 9.88. The Hall–Kier alpha value is -1.76. The molecule has 0 saturated carbocycles. The van der Waals surface area contributed by atoms with Crippen LogP contribution < -0.4 is 10.5 Å². The number of hydrogen-bond acceptors (Lipinski definition) is 4. The van der Waals surface area contributed by atoms with Crippen molar-refractivity contribution in [3.63, 3.8) is 0 Å². The van der Waals surface area contributed by atoms with Gasteiger partial charge in [0.05, 0.1) is 4.90 Å². The maximum atomic E-state index is 11.4. The molecule has 0 aliphatic carbocycles. The number of hydrogen-bond donors (Lipinski definition) is 2. The number of nitrogens with two attached hydrogens (primary N) is 1. The molecular weight excluding hydrogens is 286 g/mol. The van der Waals surface area contributed by atoms with Crippen molar-refractivity contribution in [3.8, 4) is 0 Å². The molecule has 2 atom stereocenters. The topological polar surface area (TPSA) is 85.1 Å². The molecular formula is C15H19N3O2S. The average Bonchev–Trinajstić information content (AvgIpc) is 2.47. The van der Waals surface area contributed by atoms with E-state index in [2.05, 4.69) is 10.3 Å². The molecule has 112 valence electrons. The van der Waals surface area contributed by atoms with Crippen LogP contribution >= 0.6 is 0 Å². The fourth-order valence-corrected chi connectivity index (χ4v) is 2.73. The van der Waals surface area contributed by atoms with Crippen LogP contribution in [-0.4, -0.2) is 13.4 Å². The van der Waals surface area contributed by atoms with Gasteiger partial charge in [-0.15, -0.1) is 0 Å². The molecule has 1 heterocycles. The number of aromatic nitrogens is 1. The molecule has 1 aromatic heterocycles. The number of primary sulfonamides is 1. The van der Waals surface area contributed by atoms with Crippen LogP contribution in [0.15, 0.2) is 53.7 Å². The Balaban J connectivity index is 2.16. The lowest BCUT2D eigenvalue weighted by atomic mass is 10.1. The van der Waals surface area contributed by atoms with Gasteiger partial charge in [0.2, 0.25) is 10.0 Å². The van der Waals surface area contributed by atoms with Gasteiger partial charge in [0.1, 0.15) is 0 Å². The van der Waals surface area contributed by atoms with Gasteiger partial charge < -0.3 is 5.32 Å². The molecule has 0 spiro atoms. The molecule has 0 fully saturated rings. The lowest BCUT2D eigenvalue weighted by Crippen LogP contribution is -2.23. The number of nitrogens with one attached hydrogen (secondary N) is 1. The van der Waals surface area contributed by atoms with Crippen LogP contribution in [0.5, 0.6) is 0 Å². The predicted octanol–water partition coefficient (Wildman–Crippen LogP) is 2.14.